The van der Waals surface area contributed by atoms with Gasteiger partial charge in [-0.1, -0.05) is 0 Å². The van der Waals surface area contributed by atoms with Crippen molar-refractivity contribution in [3.05, 3.63) is 35.2 Å². The number of methoxy groups -OCH3 is 1. The maximum atomic E-state index is 5.50. The summed E-state index contributed by atoms with van der Waals surface area (Å²) in [5, 5.41) is 4.49. The standard InChI is InChI=1S/C21H28N6O/c1-12-11-22-13(2)20-24-21(25(4)27(12)20)17-7-6-16(17)19-14(3)26-9-8-15(28-5)10-18(26)23-19/h8-9,11,15-17,21H,6-7,10H2,1-5H3. The Labute approximate surface area is 166 Å². The molecule has 1 aromatic heterocycles. The van der Waals surface area contributed by atoms with Crippen LogP contribution in [0.4, 0.5) is 0 Å². The van der Waals surface area contributed by atoms with Crippen LogP contribution in [0, 0.1) is 12.8 Å². The molecule has 4 atom stereocenters. The molecule has 4 heterocycles. The Balaban J connectivity index is 1.43. The van der Waals surface area contributed by atoms with Crippen LogP contribution in [0.3, 0.4) is 0 Å². The quantitative estimate of drug-likeness (QED) is 0.809. The predicted molar refractivity (Wildman–Crippen MR) is 110 cm³/mol. The SMILES string of the molecule is COC1C=Cn2c(nc(C3CCC3C3N=C4C(C)=NC=C(C)N4N3C)c2C)C1. The van der Waals surface area contributed by atoms with E-state index in [1.807, 2.05) is 13.1 Å². The van der Waals surface area contributed by atoms with Crippen molar-refractivity contribution in [2.24, 2.45) is 15.9 Å². The summed E-state index contributed by atoms with van der Waals surface area (Å²) in [4.78, 5) is 14.6. The van der Waals surface area contributed by atoms with Crippen LogP contribution in [0.25, 0.3) is 6.20 Å². The molecular weight excluding hydrogens is 352 g/mol. The number of hydrazine groups is 1. The lowest BCUT2D eigenvalue weighted by Gasteiger charge is -2.42. The van der Waals surface area contributed by atoms with Crippen LogP contribution in [0.5, 0.6) is 0 Å². The first kappa shape index (κ1) is 17.8. The van der Waals surface area contributed by atoms with Gasteiger partial charge in [0, 0.05) is 50.5 Å². The molecule has 0 amide bonds. The largest absolute Gasteiger partial charge is 0.377 e. The Morgan fingerprint density at radius 3 is 2.68 bits per heavy atom. The summed E-state index contributed by atoms with van der Waals surface area (Å²) in [5.41, 5.74) is 4.61. The smallest absolute Gasteiger partial charge is 0.166 e. The number of hydrogen-bond donors (Lipinski definition) is 0. The lowest BCUT2D eigenvalue weighted by molar-refractivity contribution is 0.0220. The number of amidine groups is 1. The van der Waals surface area contributed by atoms with Crippen LogP contribution in [0.1, 0.15) is 49.8 Å². The van der Waals surface area contributed by atoms with Gasteiger partial charge < -0.3 is 9.30 Å². The zero-order valence-electron chi connectivity index (χ0n) is 17.3. The van der Waals surface area contributed by atoms with Crippen molar-refractivity contribution < 1.29 is 4.74 Å². The molecule has 0 radical (unpaired) electrons. The first-order valence-corrected chi connectivity index (χ1v) is 10.1. The second kappa shape index (κ2) is 6.39. The molecule has 0 aromatic carbocycles. The highest BCUT2D eigenvalue weighted by Crippen LogP contribution is 2.48. The fourth-order valence-electron chi connectivity index (χ4n) is 4.97. The number of allylic oxidation sites excluding steroid dienone is 1. The summed E-state index contributed by atoms with van der Waals surface area (Å²) in [6, 6.07) is 0. The van der Waals surface area contributed by atoms with E-state index in [-0.39, 0.29) is 12.3 Å². The van der Waals surface area contributed by atoms with Gasteiger partial charge in [-0.15, -0.1) is 0 Å². The van der Waals surface area contributed by atoms with Crippen molar-refractivity contribution in [3.8, 4) is 0 Å². The monoisotopic (exact) mass is 380 g/mol. The van der Waals surface area contributed by atoms with Crippen LogP contribution < -0.4 is 0 Å². The molecule has 0 spiro atoms. The summed E-state index contributed by atoms with van der Waals surface area (Å²) < 4.78 is 7.74. The average molecular weight is 380 g/mol. The highest BCUT2D eigenvalue weighted by Gasteiger charge is 2.47. The van der Waals surface area contributed by atoms with E-state index in [0.717, 1.165) is 29.5 Å². The van der Waals surface area contributed by atoms with E-state index < -0.39 is 0 Å². The number of rotatable bonds is 3. The molecule has 7 heteroatoms. The molecule has 5 rings (SSSR count). The summed E-state index contributed by atoms with van der Waals surface area (Å²) in [6.07, 6.45) is 9.62. The number of nitrogens with zero attached hydrogens (tertiary/aromatic N) is 6. The van der Waals surface area contributed by atoms with Gasteiger partial charge in [-0.3, -0.25) is 10.0 Å². The molecule has 7 nitrogen and oxygen atoms in total. The van der Waals surface area contributed by atoms with Gasteiger partial charge in [0.15, 0.2) is 5.84 Å². The average Bonchev–Trinajstić information content (AvgIpc) is 3.16. The van der Waals surface area contributed by atoms with Gasteiger partial charge >= 0.3 is 0 Å². The van der Waals surface area contributed by atoms with Gasteiger partial charge in [-0.2, -0.15) is 5.01 Å². The number of aromatic nitrogens is 2. The Bertz CT molecular complexity index is 939. The van der Waals surface area contributed by atoms with E-state index >= 15 is 0 Å². The minimum absolute atomic E-state index is 0.125. The third kappa shape index (κ3) is 2.46. The van der Waals surface area contributed by atoms with Gasteiger partial charge in [0.1, 0.15) is 12.0 Å². The van der Waals surface area contributed by atoms with Gasteiger partial charge in [-0.05, 0) is 39.7 Å². The molecule has 1 fully saturated rings. The Hall–Kier alpha value is -2.25. The fraction of sp³-hybridized carbons (Fsp3) is 0.571. The zero-order chi connectivity index (χ0) is 19.6. The topological polar surface area (TPSA) is 58.2 Å². The zero-order valence-corrected chi connectivity index (χ0v) is 17.3. The third-order valence-corrected chi connectivity index (χ3v) is 6.71. The second-order valence-electron chi connectivity index (χ2n) is 8.27. The molecule has 1 aliphatic carbocycles. The van der Waals surface area contributed by atoms with Crippen LogP contribution in [0.2, 0.25) is 0 Å². The van der Waals surface area contributed by atoms with Gasteiger partial charge in [-0.25, -0.2) is 9.98 Å². The van der Waals surface area contributed by atoms with Crippen molar-refractivity contribution in [3.63, 3.8) is 0 Å². The number of fused-ring (bicyclic) bond motifs is 2. The predicted octanol–water partition coefficient (Wildman–Crippen LogP) is 2.95. The van der Waals surface area contributed by atoms with Crippen molar-refractivity contribution in [1.29, 1.82) is 0 Å². The summed E-state index contributed by atoms with van der Waals surface area (Å²) in [6.45, 7) is 6.32. The molecule has 0 N–H and O–H groups in total. The lowest BCUT2D eigenvalue weighted by Crippen LogP contribution is -2.48. The van der Waals surface area contributed by atoms with Crippen molar-refractivity contribution in [2.45, 2.75) is 58.2 Å². The van der Waals surface area contributed by atoms with Crippen molar-refractivity contribution in [1.82, 2.24) is 19.6 Å². The first-order chi connectivity index (χ1) is 13.5. The Morgan fingerprint density at radius 1 is 1.18 bits per heavy atom. The molecule has 148 valence electrons. The van der Waals surface area contributed by atoms with Crippen molar-refractivity contribution >= 4 is 17.7 Å². The normalized spacial score (nSPS) is 31.8. The third-order valence-electron chi connectivity index (χ3n) is 6.71. The van der Waals surface area contributed by atoms with E-state index in [4.69, 9.17) is 14.7 Å². The molecule has 3 aliphatic heterocycles. The molecule has 4 unspecified atom stereocenters. The van der Waals surface area contributed by atoms with Crippen LogP contribution >= 0.6 is 0 Å². The molecule has 28 heavy (non-hydrogen) atoms. The lowest BCUT2D eigenvalue weighted by atomic mass is 9.69. The first-order valence-electron chi connectivity index (χ1n) is 10.1. The minimum Gasteiger partial charge on any atom is -0.377 e. The fourth-order valence-corrected chi connectivity index (χ4v) is 4.97. The molecule has 0 bridgehead atoms. The Kier molecular flexibility index (Phi) is 4.07. The minimum atomic E-state index is 0.125. The molecule has 1 aromatic rings. The number of ether oxygens (including phenoxy) is 1. The molecule has 4 aliphatic rings. The van der Waals surface area contributed by atoms with Gasteiger partial charge in [0.2, 0.25) is 0 Å². The second-order valence-corrected chi connectivity index (χ2v) is 8.27. The molecular formula is C21H28N6O. The highest BCUT2D eigenvalue weighted by molar-refractivity contribution is 6.41. The van der Waals surface area contributed by atoms with Gasteiger partial charge in [0.05, 0.1) is 23.2 Å². The van der Waals surface area contributed by atoms with E-state index in [0.29, 0.717) is 11.8 Å². The molecule has 1 saturated carbocycles. The number of imidazole rings is 1. The van der Waals surface area contributed by atoms with E-state index in [9.17, 15) is 0 Å². The summed E-state index contributed by atoms with van der Waals surface area (Å²) in [7, 11) is 3.90. The Morgan fingerprint density at radius 2 is 2.00 bits per heavy atom. The van der Waals surface area contributed by atoms with Crippen LogP contribution in [-0.2, 0) is 11.2 Å². The maximum Gasteiger partial charge on any atom is 0.166 e. The van der Waals surface area contributed by atoms with Crippen LogP contribution in [-0.4, -0.2) is 57.5 Å². The number of hydrogen-bond acceptors (Lipinski definition) is 6. The van der Waals surface area contributed by atoms with Gasteiger partial charge in [0.25, 0.3) is 0 Å². The van der Waals surface area contributed by atoms with Crippen LogP contribution in [0.15, 0.2) is 28.0 Å². The summed E-state index contributed by atoms with van der Waals surface area (Å²) >= 11 is 0. The summed E-state index contributed by atoms with van der Waals surface area (Å²) in [5.74, 6) is 3.02. The van der Waals surface area contributed by atoms with E-state index in [1.165, 1.54) is 24.2 Å². The van der Waals surface area contributed by atoms with E-state index in [1.54, 1.807) is 7.11 Å². The maximum absolute atomic E-state index is 5.50. The number of aliphatic imine (C=N–C) groups is 2. The highest BCUT2D eigenvalue weighted by atomic mass is 16.5. The van der Waals surface area contributed by atoms with E-state index in [2.05, 4.69) is 52.7 Å². The van der Waals surface area contributed by atoms with Crippen molar-refractivity contribution in [2.75, 3.05) is 14.2 Å². The molecule has 0 saturated heterocycles.